The molecule has 3 rings (SSSR count). The smallest absolute Gasteiger partial charge is 0.238 e. The Morgan fingerprint density at radius 2 is 1.95 bits per heavy atom. The van der Waals surface area contributed by atoms with Crippen molar-refractivity contribution in [2.24, 2.45) is 0 Å². The number of nitrogens with zero attached hydrogens (tertiary/aromatic N) is 1. The molecule has 4 nitrogen and oxygen atoms in total. The summed E-state index contributed by atoms with van der Waals surface area (Å²) in [5, 5.41) is 12.1. The number of furan rings is 1. The third-order valence-electron chi connectivity index (χ3n) is 3.12. The molecule has 0 aliphatic carbocycles. The molecule has 0 saturated heterocycles. The standard InChI is InChI=1S/C17H12N2O2/c18-10-9-16(20)19-14-8-4-7-13-11-15(21-17(13)14)12-5-2-1-3-6-12/h1-8,11H,9H2,(H,19,20). The van der Waals surface area contributed by atoms with Crippen LogP contribution in [0.5, 0.6) is 0 Å². The minimum atomic E-state index is -0.345. The molecule has 0 unspecified atom stereocenters. The molecule has 1 aromatic heterocycles. The normalized spacial score (nSPS) is 10.2. The molecule has 0 bridgehead atoms. The molecule has 0 atom stereocenters. The summed E-state index contributed by atoms with van der Waals surface area (Å²) in [4.78, 5) is 11.6. The minimum absolute atomic E-state index is 0.178. The first-order valence-electron chi connectivity index (χ1n) is 6.53. The average Bonchev–Trinajstić information content (AvgIpc) is 2.94. The maximum absolute atomic E-state index is 11.6. The Balaban J connectivity index is 2.02. The van der Waals surface area contributed by atoms with Crippen molar-refractivity contribution in [2.45, 2.75) is 6.42 Å². The van der Waals surface area contributed by atoms with Crippen LogP contribution in [0.4, 0.5) is 5.69 Å². The number of carbonyl (C=O) groups is 1. The quantitative estimate of drug-likeness (QED) is 0.787. The van der Waals surface area contributed by atoms with E-state index < -0.39 is 0 Å². The first kappa shape index (κ1) is 12.9. The molecule has 21 heavy (non-hydrogen) atoms. The van der Waals surface area contributed by atoms with Crippen molar-refractivity contribution in [1.82, 2.24) is 0 Å². The van der Waals surface area contributed by atoms with Crippen molar-refractivity contribution >= 4 is 22.6 Å². The van der Waals surface area contributed by atoms with Crippen LogP contribution in [-0.2, 0) is 4.79 Å². The number of carbonyl (C=O) groups excluding carboxylic acids is 1. The second kappa shape index (κ2) is 5.51. The lowest BCUT2D eigenvalue weighted by molar-refractivity contribution is -0.115. The van der Waals surface area contributed by atoms with Crippen LogP contribution in [0.25, 0.3) is 22.3 Å². The molecular weight excluding hydrogens is 264 g/mol. The number of amides is 1. The zero-order valence-electron chi connectivity index (χ0n) is 11.2. The number of hydrogen-bond donors (Lipinski definition) is 1. The van der Waals surface area contributed by atoms with Gasteiger partial charge in [0.15, 0.2) is 5.58 Å². The first-order valence-corrected chi connectivity index (χ1v) is 6.53. The highest BCUT2D eigenvalue weighted by Gasteiger charge is 2.11. The molecule has 0 fully saturated rings. The van der Waals surface area contributed by atoms with Crippen molar-refractivity contribution in [2.75, 3.05) is 5.32 Å². The van der Waals surface area contributed by atoms with Gasteiger partial charge < -0.3 is 9.73 Å². The van der Waals surface area contributed by atoms with Gasteiger partial charge in [-0.3, -0.25) is 4.79 Å². The van der Waals surface area contributed by atoms with Gasteiger partial charge in [-0.1, -0.05) is 42.5 Å². The Labute approximate surface area is 121 Å². The SMILES string of the molecule is N#CCC(=O)Nc1cccc2cc(-c3ccccc3)oc12. The summed E-state index contributed by atoms with van der Waals surface area (Å²) in [6.45, 7) is 0. The largest absolute Gasteiger partial charge is 0.454 e. The van der Waals surface area contributed by atoms with Crippen LogP contribution in [0, 0.1) is 11.3 Å². The van der Waals surface area contributed by atoms with E-state index in [1.807, 2.05) is 54.6 Å². The van der Waals surface area contributed by atoms with Crippen LogP contribution >= 0.6 is 0 Å². The van der Waals surface area contributed by atoms with E-state index in [-0.39, 0.29) is 12.3 Å². The molecule has 0 saturated carbocycles. The maximum atomic E-state index is 11.6. The van der Waals surface area contributed by atoms with Crippen LogP contribution in [-0.4, -0.2) is 5.91 Å². The third kappa shape index (κ3) is 2.63. The molecule has 3 aromatic rings. The predicted molar refractivity (Wildman–Crippen MR) is 80.5 cm³/mol. The van der Waals surface area contributed by atoms with Crippen LogP contribution < -0.4 is 5.32 Å². The fourth-order valence-corrected chi connectivity index (χ4v) is 2.17. The summed E-state index contributed by atoms with van der Waals surface area (Å²) in [5.74, 6) is 0.398. The molecule has 0 aliphatic heterocycles. The second-order valence-corrected chi connectivity index (χ2v) is 4.58. The van der Waals surface area contributed by atoms with Gasteiger partial charge in [0.05, 0.1) is 11.8 Å². The summed E-state index contributed by atoms with van der Waals surface area (Å²) >= 11 is 0. The molecule has 1 heterocycles. The third-order valence-corrected chi connectivity index (χ3v) is 3.12. The zero-order chi connectivity index (χ0) is 14.7. The number of nitrogens with one attached hydrogen (secondary N) is 1. The van der Waals surface area contributed by atoms with Gasteiger partial charge >= 0.3 is 0 Å². The van der Waals surface area contributed by atoms with E-state index in [9.17, 15) is 4.79 Å². The van der Waals surface area contributed by atoms with Crippen molar-refractivity contribution < 1.29 is 9.21 Å². The highest BCUT2D eigenvalue weighted by molar-refractivity contribution is 6.01. The monoisotopic (exact) mass is 276 g/mol. The van der Waals surface area contributed by atoms with Gasteiger partial charge in [0, 0.05) is 10.9 Å². The maximum Gasteiger partial charge on any atom is 0.238 e. The van der Waals surface area contributed by atoms with Gasteiger partial charge in [-0.15, -0.1) is 0 Å². The Hall–Kier alpha value is -3.06. The lowest BCUT2D eigenvalue weighted by Gasteiger charge is -2.02. The average molecular weight is 276 g/mol. The summed E-state index contributed by atoms with van der Waals surface area (Å²) in [7, 11) is 0. The fourth-order valence-electron chi connectivity index (χ4n) is 2.17. The van der Waals surface area contributed by atoms with Crippen molar-refractivity contribution in [1.29, 1.82) is 5.26 Å². The Kier molecular flexibility index (Phi) is 3.40. The fraction of sp³-hybridized carbons (Fsp3) is 0.0588. The Morgan fingerprint density at radius 3 is 2.71 bits per heavy atom. The zero-order valence-corrected chi connectivity index (χ0v) is 11.2. The molecule has 102 valence electrons. The Bertz CT molecular complexity index is 829. The van der Waals surface area contributed by atoms with Gasteiger partial charge in [-0.25, -0.2) is 0 Å². The number of benzene rings is 2. The van der Waals surface area contributed by atoms with Gasteiger partial charge in [0.25, 0.3) is 0 Å². The number of fused-ring (bicyclic) bond motifs is 1. The van der Waals surface area contributed by atoms with E-state index in [4.69, 9.17) is 9.68 Å². The molecule has 0 spiro atoms. The summed E-state index contributed by atoms with van der Waals surface area (Å²) < 4.78 is 5.87. The van der Waals surface area contributed by atoms with Crippen LogP contribution in [0.15, 0.2) is 59.0 Å². The molecule has 1 N–H and O–H groups in total. The summed E-state index contributed by atoms with van der Waals surface area (Å²) in [5.41, 5.74) is 2.17. The van der Waals surface area contributed by atoms with E-state index in [0.717, 1.165) is 16.7 Å². The number of nitriles is 1. The molecular formula is C17H12N2O2. The van der Waals surface area contributed by atoms with Gasteiger partial charge in [-0.05, 0) is 12.1 Å². The number of hydrogen-bond acceptors (Lipinski definition) is 3. The van der Waals surface area contributed by atoms with E-state index in [2.05, 4.69) is 5.32 Å². The van der Waals surface area contributed by atoms with Crippen LogP contribution in [0.1, 0.15) is 6.42 Å². The highest BCUT2D eigenvalue weighted by Crippen LogP contribution is 2.32. The van der Waals surface area contributed by atoms with Gasteiger partial charge in [0.2, 0.25) is 5.91 Å². The van der Waals surface area contributed by atoms with Crippen molar-refractivity contribution in [3.8, 4) is 17.4 Å². The number of rotatable bonds is 3. The summed E-state index contributed by atoms with van der Waals surface area (Å²) in [6.07, 6.45) is -0.178. The lowest BCUT2D eigenvalue weighted by atomic mass is 10.1. The van der Waals surface area contributed by atoms with E-state index in [1.54, 1.807) is 6.07 Å². The van der Waals surface area contributed by atoms with Gasteiger partial charge in [-0.2, -0.15) is 5.26 Å². The molecule has 0 aliphatic rings. The Morgan fingerprint density at radius 1 is 1.14 bits per heavy atom. The van der Waals surface area contributed by atoms with Crippen LogP contribution in [0.3, 0.4) is 0 Å². The predicted octanol–water partition coefficient (Wildman–Crippen LogP) is 3.95. The minimum Gasteiger partial charge on any atom is -0.454 e. The number of anilines is 1. The molecule has 2 aromatic carbocycles. The van der Waals surface area contributed by atoms with E-state index in [1.165, 1.54) is 0 Å². The van der Waals surface area contributed by atoms with Crippen molar-refractivity contribution in [3.05, 3.63) is 54.6 Å². The van der Waals surface area contributed by atoms with E-state index in [0.29, 0.717) is 11.3 Å². The molecule has 4 heteroatoms. The van der Waals surface area contributed by atoms with E-state index >= 15 is 0 Å². The second-order valence-electron chi connectivity index (χ2n) is 4.58. The number of para-hydroxylation sites is 1. The molecule has 0 radical (unpaired) electrons. The van der Waals surface area contributed by atoms with Crippen LogP contribution in [0.2, 0.25) is 0 Å². The lowest BCUT2D eigenvalue weighted by Crippen LogP contribution is -2.10. The molecule has 1 amide bonds. The topological polar surface area (TPSA) is 66.0 Å². The summed E-state index contributed by atoms with van der Waals surface area (Å²) in [6, 6.07) is 19.0. The highest BCUT2D eigenvalue weighted by atomic mass is 16.3. The first-order chi connectivity index (χ1) is 10.3. The van der Waals surface area contributed by atoms with Crippen molar-refractivity contribution in [3.63, 3.8) is 0 Å². The van der Waals surface area contributed by atoms with Gasteiger partial charge in [0.1, 0.15) is 12.2 Å².